The van der Waals surface area contributed by atoms with E-state index in [1.807, 2.05) is 12.1 Å². The van der Waals surface area contributed by atoms with Gasteiger partial charge < -0.3 is 14.7 Å². The molecule has 0 saturated carbocycles. The van der Waals surface area contributed by atoms with Gasteiger partial charge in [0.1, 0.15) is 11.9 Å². The number of likely N-dealkylation sites (tertiary alicyclic amines) is 1. The number of benzene rings is 1. The molecule has 0 amide bonds. The smallest absolute Gasteiger partial charge is 0.218 e. The summed E-state index contributed by atoms with van der Waals surface area (Å²) in [6.07, 6.45) is 6.35. The molecular weight excluding hydrogens is 312 g/mol. The average Bonchev–Trinajstić information content (AvgIpc) is 2.56. The minimum absolute atomic E-state index is 0.000169. The number of hydrogen-bond donors (Lipinski definition) is 1. The van der Waals surface area contributed by atoms with Gasteiger partial charge in [-0.25, -0.2) is 4.98 Å². The molecule has 1 fully saturated rings. The van der Waals surface area contributed by atoms with Gasteiger partial charge in [-0.2, -0.15) is 0 Å². The maximum absolute atomic E-state index is 9.79. The van der Waals surface area contributed by atoms with Crippen LogP contribution in [0, 0.1) is 0 Å². The third kappa shape index (κ3) is 3.88. The van der Waals surface area contributed by atoms with Crippen LogP contribution < -0.4 is 4.74 Å². The number of piperidine rings is 1. The number of aromatic hydroxyl groups is 1. The normalized spacial score (nSPS) is 16.8. The summed E-state index contributed by atoms with van der Waals surface area (Å²) in [5.74, 6) is 0.692. The predicted octanol–water partition coefficient (Wildman–Crippen LogP) is 4.24. The van der Waals surface area contributed by atoms with Crippen LogP contribution in [0.15, 0.2) is 24.4 Å². The van der Waals surface area contributed by atoms with Gasteiger partial charge in [0.2, 0.25) is 5.88 Å². The summed E-state index contributed by atoms with van der Waals surface area (Å²) in [4.78, 5) is 6.39. The maximum atomic E-state index is 9.79. The molecule has 3 rings (SSSR count). The highest BCUT2D eigenvalue weighted by molar-refractivity contribution is 6.33. The first-order valence-corrected chi connectivity index (χ1v) is 8.71. The van der Waals surface area contributed by atoms with Crippen LogP contribution in [0.4, 0.5) is 0 Å². The van der Waals surface area contributed by atoms with Gasteiger partial charge in [0.25, 0.3) is 0 Å². The number of halogens is 1. The molecule has 0 unspecified atom stereocenters. The summed E-state index contributed by atoms with van der Waals surface area (Å²) in [6.45, 7) is 5.58. The first-order chi connectivity index (χ1) is 11.2. The van der Waals surface area contributed by atoms with E-state index in [0.717, 1.165) is 31.3 Å². The van der Waals surface area contributed by atoms with Crippen LogP contribution in [0.2, 0.25) is 5.02 Å². The van der Waals surface area contributed by atoms with Crippen LogP contribution in [0.25, 0.3) is 10.8 Å². The number of aromatic nitrogens is 1. The van der Waals surface area contributed by atoms with E-state index in [9.17, 15) is 5.11 Å². The minimum atomic E-state index is 0.000169. The van der Waals surface area contributed by atoms with E-state index in [1.165, 1.54) is 19.4 Å². The highest BCUT2D eigenvalue weighted by atomic mass is 35.5. The van der Waals surface area contributed by atoms with Crippen molar-refractivity contribution in [2.24, 2.45) is 0 Å². The van der Waals surface area contributed by atoms with Crippen LogP contribution in [-0.4, -0.2) is 40.7 Å². The lowest BCUT2D eigenvalue weighted by Crippen LogP contribution is -2.38. The third-order valence-corrected chi connectivity index (χ3v) is 4.75. The van der Waals surface area contributed by atoms with E-state index in [1.54, 1.807) is 12.3 Å². The van der Waals surface area contributed by atoms with Crippen LogP contribution >= 0.6 is 11.6 Å². The fourth-order valence-corrected chi connectivity index (χ4v) is 3.27. The molecule has 0 bridgehead atoms. The van der Waals surface area contributed by atoms with Crippen LogP contribution in [-0.2, 0) is 0 Å². The molecule has 1 aromatic carbocycles. The van der Waals surface area contributed by atoms with Gasteiger partial charge in [-0.05, 0) is 49.4 Å². The zero-order chi connectivity index (χ0) is 16.2. The van der Waals surface area contributed by atoms with E-state index >= 15 is 0 Å². The Hall–Kier alpha value is -1.52. The zero-order valence-corrected chi connectivity index (χ0v) is 14.2. The highest BCUT2D eigenvalue weighted by Gasteiger charge is 2.21. The molecule has 1 aliphatic rings. The average molecular weight is 335 g/mol. The molecule has 1 saturated heterocycles. The van der Waals surface area contributed by atoms with E-state index in [2.05, 4.69) is 16.8 Å². The molecule has 0 radical (unpaired) electrons. The van der Waals surface area contributed by atoms with Crippen molar-refractivity contribution in [2.75, 3.05) is 19.6 Å². The number of ether oxygens (including phenoxy) is 1. The lowest BCUT2D eigenvalue weighted by molar-refractivity contribution is 0.100. The molecule has 124 valence electrons. The van der Waals surface area contributed by atoms with E-state index < -0.39 is 0 Å². The number of unbranched alkanes of at least 4 members (excludes halogenated alkanes) is 1. The Morgan fingerprint density at radius 3 is 2.87 bits per heavy atom. The van der Waals surface area contributed by atoms with Crippen molar-refractivity contribution in [3.8, 4) is 11.6 Å². The van der Waals surface area contributed by atoms with Gasteiger partial charge in [-0.15, -0.1) is 0 Å². The van der Waals surface area contributed by atoms with Crippen molar-refractivity contribution >= 4 is 22.4 Å². The number of fused-ring (bicyclic) bond motifs is 1. The minimum Gasteiger partial charge on any atom is -0.493 e. The summed E-state index contributed by atoms with van der Waals surface area (Å²) in [6, 6.07) is 5.47. The van der Waals surface area contributed by atoms with Gasteiger partial charge in [0.05, 0.1) is 5.02 Å². The first kappa shape index (κ1) is 16.3. The molecule has 2 aromatic rings. The number of hydrogen-bond acceptors (Lipinski definition) is 4. The van der Waals surface area contributed by atoms with Crippen molar-refractivity contribution in [3.05, 3.63) is 29.4 Å². The van der Waals surface area contributed by atoms with Crippen LogP contribution in [0.1, 0.15) is 32.6 Å². The molecular formula is C18H23ClN2O2. The summed E-state index contributed by atoms with van der Waals surface area (Å²) in [5.41, 5.74) is 0. The number of nitrogens with zero attached hydrogens (tertiary/aromatic N) is 2. The van der Waals surface area contributed by atoms with Gasteiger partial charge in [-0.1, -0.05) is 24.9 Å². The van der Waals surface area contributed by atoms with Crippen molar-refractivity contribution in [3.63, 3.8) is 0 Å². The summed E-state index contributed by atoms with van der Waals surface area (Å²) >= 11 is 6.32. The second kappa shape index (κ2) is 7.37. The topological polar surface area (TPSA) is 45.6 Å². The number of pyridine rings is 1. The van der Waals surface area contributed by atoms with Gasteiger partial charge in [0.15, 0.2) is 0 Å². The molecule has 0 aliphatic carbocycles. The molecule has 1 aromatic heterocycles. The van der Waals surface area contributed by atoms with Gasteiger partial charge >= 0.3 is 0 Å². The lowest BCUT2D eigenvalue weighted by Gasteiger charge is -2.32. The highest BCUT2D eigenvalue weighted by Crippen LogP contribution is 2.34. The monoisotopic (exact) mass is 334 g/mol. The van der Waals surface area contributed by atoms with Gasteiger partial charge in [0, 0.05) is 24.7 Å². The largest absolute Gasteiger partial charge is 0.493 e. The summed E-state index contributed by atoms with van der Waals surface area (Å²) < 4.78 is 6.13. The maximum Gasteiger partial charge on any atom is 0.218 e. The van der Waals surface area contributed by atoms with Crippen LogP contribution in [0.3, 0.4) is 0 Å². The zero-order valence-electron chi connectivity index (χ0n) is 13.5. The Balaban J connectivity index is 1.67. The van der Waals surface area contributed by atoms with Crippen molar-refractivity contribution in [2.45, 2.75) is 38.7 Å². The molecule has 0 spiro atoms. The fraction of sp³-hybridized carbons (Fsp3) is 0.500. The van der Waals surface area contributed by atoms with Crippen molar-refractivity contribution < 1.29 is 9.84 Å². The standard InChI is InChI=1S/C18H23ClN2O2/c1-2-3-8-21-9-5-14(6-10-21)23-17-11-13-4-7-20-18(22)15(13)12-16(17)19/h4,7,11-12,14H,2-3,5-6,8-10H2,1H3,(H,20,22). The quantitative estimate of drug-likeness (QED) is 0.888. The van der Waals surface area contributed by atoms with E-state index in [0.29, 0.717) is 16.2 Å². The Morgan fingerprint density at radius 2 is 2.13 bits per heavy atom. The van der Waals surface area contributed by atoms with Gasteiger partial charge in [-0.3, -0.25) is 0 Å². The third-order valence-electron chi connectivity index (χ3n) is 4.45. The summed E-state index contributed by atoms with van der Waals surface area (Å²) in [7, 11) is 0. The lowest BCUT2D eigenvalue weighted by atomic mass is 10.1. The molecule has 1 aliphatic heterocycles. The SMILES string of the molecule is CCCCN1CCC(Oc2cc3ccnc(O)c3cc2Cl)CC1. The Kier molecular flexibility index (Phi) is 5.23. The Morgan fingerprint density at radius 1 is 1.35 bits per heavy atom. The molecule has 5 heteroatoms. The van der Waals surface area contributed by atoms with Crippen LogP contribution in [0.5, 0.6) is 11.6 Å². The molecule has 2 heterocycles. The Bertz CT molecular complexity index is 669. The molecule has 1 N–H and O–H groups in total. The Labute approximate surface area is 142 Å². The fourth-order valence-electron chi connectivity index (χ4n) is 3.06. The van der Waals surface area contributed by atoms with E-state index in [4.69, 9.17) is 16.3 Å². The molecule has 23 heavy (non-hydrogen) atoms. The second-order valence-corrected chi connectivity index (χ2v) is 6.56. The van der Waals surface area contributed by atoms with Crippen molar-refractivity contribution in [1.82, 2.24) is 9.88 Å². The predicted molar refractivity (Wildman–Crippen MR) is 93.4 cm³/mol. The molecule has 0 atom stereocenters. The van der Waals surface area contributed by atoms with E-state index in [-0.39, 0.29) is 12.0 Å². The molecule has 4 nitrogen and oxygen atoms in total. The summed E-state index contributed by atoms with van der Waals surface area (Å²) in [5, 5.41) is 11.9. The number of rotatable bonds is 5. The first-order valence-electron chi connectivity index (χ1n) is 8.33. The van der Waals surface area contributed by atoms with Crippen molar-refractivity contribution in [1.29, 1.82) is 0 Å². The second-order valence-electron chi connectivity index (χ2n) is 6.15.